The van der Waals surface area contributed by atoms with Crippen LogP contribution in [0.2, 0.25) is 0 Å². The van der Waals surface area contributed by atoms with E-state index in [0.29, 0.717) is 4.77 Å². The number of ether oxygens (including phenoxy) is 1. The van der Waals surface area contributed by atoms with E-state index in [4.69, 9.17) is 17.0 Å². The Hall–Kier alpha value is -2.40. The second-order valence-corrected chi connectivity index (χ2v) is 5.11. The number of aromatic amines is 1. The third-order valence-electron chi connectivity index (χ3n) is 3.28. The monoisotopic (exact) mass is 297 g/mol. The summed E-state index contributed by atoms with van der Waals surface area (Å²) in [7, 11) is 1.65. The van der Waals surface area contributed by atoms with Gasteiger partial charge in [-0.3, -0.25) is 9.67 Å². The van der Waals surface area contributed by atoms with Crippen LogP contribution in [-0.4, -0.2) is 21.9 Å². The van der Waals surface area contributed by atoms with Gasteiger partial charge in [0, 0.05) is 0 Å². The maximum absolute atomic E-state index is 5.42. The van der Waals surface area contributed by atoms with Gasteiger partial charge in [-0.25, -0.2) is 0 Å². The molecule has 0 spiro atoms. The van der Waals surface area contributed by atoms with E-state index in [9.17, 15) is 0 Å². The lowest BCUT2D eigenvalue weighted by atomic mass is 10.1. The molecule has 0 amide bonds. The summed E-state index contributed by atoms with van der Waals surface area (Å²) in [5.41, 5.74) is 3.05. The van der Waals surface area contributed by atoms with Crippen LogP contribution < -0.4 is 4.74 Å². The van der Waals surface area contributed by atoms with Gasteiger partial charge in [0.1, 0.15) is 5.75 Å². The molecule has 0 saturated heterocycles. The van der Waals surface area contributed by atoms with Crippen LogP contribution in [0, 0.1) is 11.7 Å². The van der Waals surface area contributed by atoms with E-state index in [-0.39, 0.29) is 0 Å². The van der Waals surface area contributed by atoms with Gasteiger partial charge < -0.3 is 4.74 Å². The predicted molar refractivity (Wildman–Crippen MR) is 85.5 cm³/mol. The van der Waals surface area contributed by atoms with Crippen molar-refractivity contribution in [1.82, 2.24) is 14.8 Å². The molecule has 21 heavy (non-hydrogen) atoms. The lowest BCUT2D eigenvalue weighted by Crippen LogP contribution is -1.99. The van der Waals surface area contributed by atoms with Gasteiger partial charge in [-0.15, -0.1) is 0 Å². The minimum atomic E-state index is 0.557. The molecule has 0 unspecified atom stereocenters. The number of hydrogen-bond donors (Lipinski definition) is 1. The normalized spacial score (nSPS) is 10.6. The highest BCUT2D eigenvalue weighted by Gasteiger charge is 2.14. The number of methoxy groups -OCH3 is 1. The average Bonchev–Trinajstić information content (AvgIpc) is 2.88. The summed E-state index contributed by atoms with van der Waals surface area (Å²) in [6.07, 6.45) is 0. The summed E-state index contributed by atoms with van der Waals surface area (Å²) >= 11 is 5.38. The number of nitrogens with zero attached hydrogens (tertiary/aromatic N) is 2. The molecule has 4 nitrogen and oxygen atoms in total. The Balaban J connectivity index is 2.25. The third-order valence-corrected chi connectivity index (χ3v) is 3.55. The largest absolute Gasteiger partial charge is 0.496 e. The van der Waals surface area contributed by atoms with Crippen LogP contribution in [-0.2, 0) is 0 Å². The number of H-pyrrole nitrogens is 1. The standard InChI is InChI=1S/C16H15N3OS/c1-11-6-5-7-12(10-11)19-15(17-18-16(19)21)13-8-3-4-9-14(13)20-2/h3-10H,1-2H3,(H,18,21). The van der Waals surface area contributed by atoms with Crippen molar-refractivity contribution in [3.63, 3.8) is 0 Å². The van der Waals surface area contributed by atoms with Crippen LogP contribution >= 0.6 is 12.2 Å². The zero-order chi connectivity index (χ0) is 14.8. The summed E-state index contributed by atoms with van der Waals surface area (Å²) in [4.78, 5) is 0. The van der Waals surface area contributed by atoms with E-state index in [1.807, 2.05) is 41.0 Å². The molecule has 1 aromatic heterocycles. The molecular formula is C16H15N3OS. The highest BCUT2D eigenvalue weighted by atomic mass is 32.1. The molecule has 1 heterocycles. The summed E-state index contributed by atoms with van der Waals surface area (Å²) in [5.74, 6) is 1.50. The van der Waals surface area contributed by atoms with E-state index >= 15 is 0 Å². The molecule has 0 saturated carbocycles. The Morgan fingerprint density at radius 3 is 2.71 bits per heavy atom. The first-order valence-electron chi connectivity index (χ1n) is 6.58. The number of aromatic nitrogens is 3. The van der Waals surface area contributed by atoms with Crippen molar-refractivity contribution in [2.45, 2.75) is 6.92 Å². The Kier molecular flexibility index (Phi) is 3.58. The van der Waals surface area contributed by atoms with Crippen LogP contribution in [0.15, 0.2) is 48.5 Å². The SMILES string of the molecule is COc1ccccc1-c1n[nH]c(=S)n1-c1cccc(C)c1. The summed E-state index contributed by atoms with van der Waals surface area (Å²) in [6.45, 7) is 2.05. The van der Waals surface area contributed by atoms with Crippen molar-refractivity contribution >= 4 is 12.2 Å². The molecule has 0 fully saturated rings. The molecule has 0 atom stereocenters. The van der Waals surface area contributed by atoms with Crippen molar-refractivity contribution in [3.8, 4) is 22.8 Å². The van der Waals surface area contributed by atoms with Gasteiger partial charge in [-0.2, -0.15) is 5.10 Å². The zero-order valence-corrected chi connectivity index (χ0v) is 12.6. The summed E-state index contributed by atoms with van der Waals surface area (Å²) in [5, 5.41) is 7.23. The van der Waals surface area contributed by atoms with Crippen molar-refractivity contribution < 1.29 is 4.74 Å². The lowest BCUT2D eigenvalue weighted by Gasteiger charge is -2.10. The quantitative estimate of drug-likeness (QED) is 0.745. The fraction of sp³-hybridized carbons (Fsp3) is 0.125. The van der Waals surface area contributed by atoms with Crippen LogP contribution in [0.5, 0.6) is 5.75 Å². The van der Waals surface area contributed by atoms with E-state index in [0.717, 1.165) is 22.8 Å². The molecule has 106 valence electrons. The number of nitrogens with one attached hydrogen (secondary N) is 1. The van der Waals surface area contributed by atoms with Crippen LogP contribution in [0.1, 0.15) is 5.56 Å². The second kappa shape index (κ2) is 5.54. The van der Waals surface area contributed by atoms with Gasteiger partial charge in [-0.05, 0) is 49.0 Å². The smallest absolute Gasteiger partial charge is 0.200 e. The summed E-state index contributed by atoms with van der Waals surface area (Å²) < 4.78 is 7.90. The van der Waals surface area contributed by atoms with Crippen molar-refractivity contribution in [2.24, 2.45) is 0 Å². The fourth-order valence-electron chi connectivity index (χ4n) is 2.31. The minimum absolute atomic E-state index is 0.557. The zero-order valence-electron chi connectivity index (χ0n) is 11.8. The lowest BCUT2D eigenvalue weighted by molar-refractivity contribution is 0.416. The molecule has 2 aromatic carbocycles. The molecule has 3 rings (SSSR count). The van der Waals surface area contributed by atoms with Gasteiger partial charge in [0.2, 0.25) is 0 Å². The Labute approximate surface area is 128 Å². The first kappa shape index (κ1) is 13.6. The van der Waals surface area contributed by atoms with E-state index in [2.05, 4.69) is 29.3 Å². The molecule has 3 aromatic rings. The van der Waals surface area contributed by atoms with Gasteiger partial charge in [0.15, 0.2) is 10.6 Å². The minimum Gasteiger partial charge on any atom is -0.496 e. The third kappa shape index (κ3) is 2.48. The maximum Gasteiger partial charge on any atom is 0.200 e. The second-order valence-electron chi connectivity index (χ2n) is 4.73. The number of benzene rings is 2. The maximum atomic E-state index is 5.42. The van der Waals surface area contributed by atoms with Gasteiger partial charge >= 0.3 is 0 Å². The molecule has 1 N–H and O–H groups in total. The van der Waals surface area contributed by atoms with E-state index in [1.165, 1.54) is 5.56 Å². The summed E-state index contributed by atoms with van der Waals surface area (Å²) in [6, 6.07) is 15.9. The van der Waals surface area contributed by atoms with Crippen molar-refractivity contribution in [1.29, 1.82) is 0 Å². The van der Waals surface area contributed by atoms with Crippen molar-refractivity contribution in [2.75, 3.05) is 7.11 Å². The number of hydrogen-bond acceptors (Lipinski definition) is 3. The van der Waals surface area contributed by atoms with Crippen molar-refractivity contribution in [3.05, 3.63) is 58.9 Å². The topological polar surface area (TPSA) is 42.8 Å². The molecule has 0 aliphatic carbocycles. The molecule has 0 aliphatic heterocycles. The Morgan fingerprint density at radius 1 is 1.14 bits per heavy atom. The molecular weight excluding hydrogens is 282 g/mol. The molecule has 5 heteroatoms. The predicted octanol–water partition coefficient (Wildman–Crippen LogP) is 3.91. The number of rotatable bonds is 3. The molecule has 0 aliphatic rings. The van der Waals surface area contributed by atoms with Crippen LogP contribution in [0.25, 0.3) is 17.1 Å². The van der Waals surface area contributed by atoms with Crippen LogP contribution in [0.4, 0.5) is 0 Å². The van der Waals surface area contributed by atoms with Crippen LogP contribution in [0.3, 0.4) is 0 Å². The average molecular weight is 297 g/mol. The number of aryl methyl sites for hydroxylation is 1. The highest BCUT2D eigenvalue weighted by Crippen LogP contribution is 2.29. The highest BCUT2D eigenvalue weighted by molar-refractivity contribution is 7.71. The Morgan fingerprint density at radius 2 is 1.95 bits per heavy atom. The van der Waals surface area contributed by atoms with Gasteiger partial charge in [0.05, 0.1) is 18.4 Å². The molecule has 0 radical (unpaired) electrons. The first-order valence-corrected chi connectivity index (χ1v) is 6.99. The molecule has 0 bridgehead atoms. The van der Waals surface area contributed by atoms with Gasteiger partial charge in [-0.1, -0.05) is 24.3 Å². The van der Waals surface area contributed by atoms with Gasteiger partial charge in [0.25, 0.3) is 0 Å². The number of para-hydroxylation sites is 1. The van der Waals surface area contributed by atoms with E-state index in [1.54, 1.807) is 7.11 Å². The first-order chi connectivity index (χ1) is 10.2. The fourth-order valence-corrected chi connectivity index (χ4v) is 2.55. The van der Waals surface area contributed by atoms with E-state index < -0.39 is 0 Å². The Bertz CT molecular complexity index is 835.